The molecule has 0 unspecified atom stereocenters. The van der Waals surface area contributed by atoms with Crippen molar-refractivity contribution in [3.8, 4) is 22.3 Å². The van der Waals surface area contributed by atoms with Crippen molar-refractivity contribution >= 4 is 300 Å². The summed E-state index contributed by atoms with van der Waals surface area (Å²) >= 11 is 37.7. The molecule has 10 aromatic rings. The second-order valence-corrected chi connectivity index (χ2v) is 48.2. The Morgan fingerprint density at radius 2 is 0.804 bits per heavy atom. The number of carbonyl (C=O) groups excluding carboxylic acids is 8. The van der Waals surface area contributed by atoms with Gasteiger partial charge < -0.3 is 51.6 Å². The molecule has 8 saturated carbocycles. The monoisotopic (exact) mass is 2500 g/mol. The quantitative estimate of drug-likeness (QED) is 0.0292. The molecule has 0 spiro atoms. The molecule has 148 heavy (non-hydrogen) atoms. The molecule has 12 atom stereocenters. The van der Waals surface area contributed by atoms with Gasteiger partial charge in [0.25, 0.3) is 0 Å². The zero-order valence-electron chi connectivity index (χ0n) is 81.9. The standard InChI is InChI=1S/C30H28BrN7O3.C19H24BrN3O3.C16H14N4O3.C14H16BrN3O.C11H17NO4.C8H9BrN2.2ClH.S4.S3.S2.H2S/c1-15(39)27-23-9-18(20-11-32-16(2)33-12-20)5-7-24(23)38(36-27)14-26(40)37-13-19-10-22(19)28(37)30(41)35-29-21(17-3-4-17)6-8-25(31)34-29;1-19(2,3)26-18(25)23-9-11-8-13(11)15(23)17(24)22-16-12(10-4-5-10)6-7-14(20)21-16;1-9(21)16-13-5-11(12-6-17-10(2)18-7-12)3-4-14(13)20(19-16)8-15(22)23;15-11-4-3-9(7-1-2-7)13(17-11)18-14(19)12-10-5-8(10)6-16-12;1-11(2,3)16-10(15)12-5-6-4-7(6)8(12)9(13)14;9-7-4-3-6(5-1-2-5)8(10)11-7;;;1-3-4-2;1-3-2;1-2;/h5-9,11-12,17,19,22,28H,3-4,10,13-14H2,1-2H3,(H,34,35,41);6-7,10-11,13,15H,4-5,8-9H2,1-3H3,(H,21,22,24);3-7H,8H2,1-2H3,(H,22,23);3-4,7-8,10,12,16H,1-2,5-6H2,(H,17,18,19);6-8H,4-5H2,1-3H3,(H,13,14);3-5H,1-2H2,(H2,10,11);2*1H;;;;1H2/t19-,22-,28+;11-,13-,15+;;8-,10-,12+;6-,7-,8+;;;;;;;/m11.11......./s1. The number of likely N-dealkylation sites (tertiary alicyclic amines) is 3. The number of pyridine rings is 4. The van der Waals surface area contributed by atoms with Gasteiger partial charge in [0.05, 0.1) is 17.1 Å². The second kappa shape index (κ2) is 52.4. The number of piperidine rings is 4. The number of fused-ring (bicyclic) bond motifs is 6. The number of amides is 6. The average Bonchev–Trinajstić information content (AvgIpc) is 1.58. The highest BCUT2D eigenvalue weighted by Crippen LogP contribution is 2.54. The van der Waals surface area contributed by atoms with Crippen molar-refractivity contribution in [3.63, 3.8) is 0 Å². The highest BCUT2D eigenvalue weighted by molar-refractivity contribution is 9.11. The highest BCUT2D eigenvalue weighted by atomic mass is 79.9. The van der Waals surface area contributed by atoms with Gasteiger partial charge in [0, 0.05) is 174 Å². The van der Waals surface area contributed by atoms with Crippen LogP contribution < -0.4 is 27.0 Å². The summed E-state index contributed by atoms with van der Waals surface area (Å²) in [4.78, 5) is 162. The molecule has 34 nitrogen and oxygen atoms in total. The minimum Gasteiger partial charge on any atom is -0.480 e. The van der Waals surface area contributed by atoms with Crippen molar-refractivity contribution in [2.75, 3.05) is 47.9 Å². The molecule has 790 valence electrons. The van der Waals surface area contributed by atoms with Gasteiger partial charge in [0.15, 0.2) is 11.6 Å². The Hall–Kier alpha value is -8.57. The maximum atomic E-state index is 13.7. The van der Waals surface area contributed by atoms with Crippen LogP contribution in [-0.2, 0) is 145 Å². The minimum absolute atomic E-state index is 0. The average molecular weight is 2510 g/mol. The van der Waals surface area contributed by atoms with Crippen LogP contribution in [0.2, 0.25) is 0 Å². The van der Waals surface area contributed by atoms with Crippen molar-refractivity contribution in [1.82, 2.24) is 79.4 Å². The number of nitrogens with two attached hydrogens (primary N) is 1. The fourth-order valence-electron chi connectivity index (χ4n) is 18.8. The lowest BCUT2D eigenvalue weighted by Crippen LogP contribution is -2.47. The third-order valence-corrected chi connectivity index (χ3v) is 30.5. The van der Waals surface area contributed by atoms with Crippen molar-refractivity contribution in [2.24, 2.45) is 47.3 Å². The van der Waals surface area contributed by atoms with E-state index < -0.39 is 53.5 Å². The van der Waals surface area contributed by atoms with Crippen molar-refractivity contribution in [2.45, 2.75) is 218 Å². The Labute approximate surface area is 947 Å². The molecule has 2 aromatic carbocycles. The summed E-state index contributed by atoms with van der Waals surface area (Å²) in [6.07, 6.45) is 19.4. The van der Waals surface area contributed by atoms with Crippen LogP contribution in [0.25, 0.3) is 44.1 Å². The van der Waals surface area contributed by atoms with Gasteiger partial charge in [-0.25, -0.2) is 54.3 Å². The predicted molar refractivity (Wildman–Crippen MR) is 611 cm³/mol. The number of benzene rings is 2. The molecule has 12 fully saturated rings. The Morgan fingerprint density at radius 1 is 0.466 bits per heavy atom. The van der Waals surface area contributed by atoms with Gasteiger partial charge in [-0.1, -0.05) is 36.4 Å². The smallest absolute Gasteiger partial charge is 0.411 e. The number of carboxylic acid groups (broad SMARTS) is 2. The third kappa shape index (κ3) is 31.4. The summed E-state index contributed by atoms with van der Waals surface area (Å²) in [5.74, 6) is 6.24. The zero-order valence-corrected chi connectivity index (χ0v) is 98.3. The van der Waals surface area contributed by atoms with Crippen LogP contribution in [0.4, 0.5) is 32.9 Å². The number of rotatable bonds is 19. The fraction of sp³-hybridized carbons (Fsp3) is 0.469. The van der Waals surface area contributed by atoms with Crippen LogP contribution in [0.1, 0.15) is 211 Å². The van der Waals surface area contributed by atoms with E-state index in [0.29, 0.717) is 133 Å². The van der Waals surface area contributed by atoms with E-state index in [9.17, 15) is 47.9 Å². The van der Waals surface area contributed by atoms with Crippen LogP contribution in [0.3, 0.4) is 0 Å². The first-order valence-electron chi connectivity index (χ1n) is 47.2. The largest absolute Gasteiger partial charge is 0.480 e. The maximum Gasteiger partial charge on any atom is 0.411 e. The number of aromatic nitrogens is 12. The summed E-state index contributed by atoms with van der Waals surface area (Å²) in [6, 6.07) is 25.2. The first kappa shape index (κ1) is 120. The summed E-state index contributed by atoms with van der Waals surface area (Å²) in [6.45, 7) is 19.6. The van der Waals surface area contributed by atoms with Crippen molar-refractivity contribution in [3.05, 3.63) is 173 Å². The lowest BCUT2D eigenvalue weighted by atomic mass is 10.0. The van der Waals surface area contributed by atoms with Crippen LogP contribution in [0, 0.1) is 61.2 Å². The molecule has 50 heteroatoms. The summed E-state index contributed by atoms with van der Waals surface area (Å²) in [7, 11) is 3.26. The lowest BCUT2D eigenvalue weighted by Gasteiger charge is -2.29. The number of anilines is 4. The van der Waals surface area contributed by atoms with Gasteiger partial charge in [-0.3, -0.25) is 52.7 Å². The van der Waals surface area contributed by atoms with Gasteiger partial charge >= 0.3 is 24.1 Å². The molecule has 8 N–H and O–H groups in total. The highest BCUT2D eigenvalue weighted by Gasteiger charge is 2.60. The number of nitrogens with one attached hydrogen (secondary N) is 4. The number of hydrogen-bond donors (Lipinski definition) is 7. The molecule has 4 aliphatic heterocycles. The van der Waals surface area contributed by atoms with Gasteiger partial charge in [0.2, 0.25) is 23.6 Å². The zero-order chi connectivity index (χ0) is 105. The summed E-state index contributed by atoms with van der Waals surface area (Å²) in [5, 5.41) is 40.4. The molecule has 0 radical (unpaired) electrons. The van der Waals surface area contributed by atoms with E-state index in [-0.39, 0.29) is 116 Å². The number of aliphatic carboxylic acids is 2. The van der Waals surface area contributed by atoms with Crippen LogP contribution in [0.15, 0.2) is 128 Å². The Morgan fingerprint density at radius 3 is 1.14 bits per heavy atom. The van der Waals surface area contributed by atoms with E-state index in [1.165, 1.54) is 84.4 Å². The van der Waals surface area contributed by atoms with E-state index in [2.05, 4.69) is 214 Å². The predicted octanol–water partition coefficient (Wildman–Crippen LogP) is 17.4. The van der Waals surface area contributed by atoms with E-state index in [1.807, 2.05) is 94.4 Å². The molecular formula is C98H112Br4Cl2N20O14S10. The van der Waals surface area contributed by atoms with Crippen molar-refractivity contribution in [1.29, 1.82) is 0 Å². The molecule has 4 saturated heterocycles. The molecule has 6 amide bonds. The first-order chi connectivity index (χ1) is 69.1. The van der Waals surface area contributed by atoms with Gasteiger partial charge in [0.1, 0.15) is 107 Å². The number of nitrogens with zero attached hydrogens (tertiary/aromatic N) is 15. The number of ketones is 2. The Bertz CT molecular complexity index is 6780. The Kier molecular flexibility index (Phi) is 42.3. The van der Waals surface area contributed by atoms with Gasteiger partial charge in [-0.2, -0.15) is 23.7 Å². The number of halogens is 6. The number of ether oxygens (including phenoxy) is 2. The minimum atomic E-state index is -1.01. The maximum absolute atomic E-state index is 13.7. The summed E-state index contributed by atoms with van der Waals surface area (Å²) < 4.78 is 16.5. The molecule has 0 bridgehead atoms. The van der Waals surface area contributed by atoms with Crippen LogP contribution >= 0.6 is 102 Å². The van der Waals surface area contributed by atoms with E-state index in [4.69, 9.17) is 25.4 Å². The van der Waals surface area contributed by atoms with E-state index >= 15 is 0 Å². The Balaban J connectivity index is 0.000000172. The van der Waals surface area contributed by atoms with Crippen LogP contribution in [0.5, 0.6) is 0 Å². The topological polar surface area (TPSA) is 452 Å². The van der Waals surface area contributed by atoms with E-state index in [1.54, 1.807) is 73.0 Å². The SMILES string of the molecule is CC(=O)c1nn(CC(=O)N2C[C@H]3C[C@H]3[C@H]2C(=O)Nc2nc(Br)ccc2C2CC2)c2ccc(-c3cnc(C)nc3)cc12.CC(=O)c1nn(CC(=O)O)c2ccc(-c3cnc(C)nc3)cc12.CC(C)(C)OC(=O)N1C[C@H]2C[C@H]2[C@H]1C(=O)Nc1nc(Br)ccc1C1CC1.CC(C)(C)OC(=O)N1C[C@H]2C[C@H]2[C@H]1C(=O)O.Cl.Cl.Nc1nc(Br)ccc1C1CC1.O=C(Nc1nc(Br)ccc1C1CC1)[C@H]1NC[C@H]2C[C@H]21.S.S=S.S=S=S.S=S=S=S. The van der Waals surface area contributed by atoms with E-state index in [0.717, 1.165) is 115 Å². The number of nitrogen functional groups attached to an aromatic ring is 1. The molecular weight excluding hydrogens is 2390 g/mol. The third-order valence-electron chi connectivity index (χ3n) is 26.5. The molecule has 12 aliphatic rings. The van der Waals surface area contributed by atoms with Gasteiger partial charge in [-0.15, -0.1) is 24.8 Å². The number of Topliss-reactive ketones (excluding diaryl/α,β-unsaturated/α-hetero) is 2. The number of hydrogen-bond acceptors (Lipinski definition) is 30. The molecule has 12 heterocycles. The van der Waals surface area contributed by atoms with Gasteiger partial charge in [-0.05, 0) is 356 Å². The fourth-order valence-corrected chi connectivity index (χ4v) is 20.0. The summed E-state index contributed by atoms with van der Waals surface area (Å²) in [5.41, 5.74) is 14.3. The number of carbonyl (C=O) groups is 10. The molecule has 8 aliphatic carbocycles. The van der Waals surface area contributed by atoms with Crippen molar-refractivity contribution < 1.29 is 67.6 Å². The number of aryl methyl sites for hydroxylation is 2. The first-order valence-corrected chi connectivity index (χ1v) is 58.3. The lowest BCUT2D eigenvalue weighted by molar-refractivity contribution is -0.143. The molecule has 8 aromatic heterocycles. The molecule has 22 rings (SSSR count). The van der Waals surface area contributed by atoms with Crippen LogP contribution in [-0.4, -0.2) is 205 Å². The second-order valence-electron chi connectivity index (χ2n) is 39.6. The number of carboxylic acids is 2. The normalized spacial score (nSPS) is 21.4.